The van der Waals surface area contributed by atoms with E-state index in [9.17, 15) is 14.4 Å². The fourth-order valence-corrected chi connectivity index (χ4v) is 2.85. The van der Waals surface area contributed by atoms with Crippen molar-refractivity contribution in [3.05, 3.63) is 46.0 Å². The summed E-state index contributed by atoms with van der Waals surface area (Å²) in [5.74, 6) is -0.256. The van der Waals surface area contributed by atoms with Gasteiger partial charge >= 0.3 is 0 Å². The van der Waals surface area contributed by atoms with Crippen molar-refractivity contribution in [2.24, 2.45) is 0 Å². The number of amides is 2. The largest absolute Gasteiger partial charge is 0.341 e. The van der Waals surface area contributed by atoms with Gasteiger partial charge in [-0.05, 0) is 25.0 Å². The number of carbonyl (C=O) groups excluding carboxylic acids is 2. The van der Waals surface area contributed by atoms with Crippen LogP contribution in [0.4, 0.5) is 0 Å². The lowest BCUT2D eigenvalue weighted by molar-refractivity contribution is -0.127. The molecule has 0 unspecified atom stereocenters. The van der Waals surface area contributed by atoms with E-state index in [4.69, 9.17) is 0 Å². The van der Waals surface area contributed by atoms with Crippen molar-refractivity contribution < 1.29 is 9.59 Å². The molecule has 3 heterocycles. The Morgan fingerprint density at radius 1 is 1.33 bits per heavy atom. The Labute approximate surface area is 139 Å². The highest BCUT2D eigenvalue weighted by Gasteiger charge is 2.22. The number of likely N-dealkylation sites (N-methyl/N-ethyl adjacent to an activating group) is 1. The maximum Gasteiger partial charge on any atom is 0.270 e. The molecule has 0 N–H and O–H groups in total. The van der Waals surface area contributed by atoms with E-state index < -0.39 is 0 Å². The van der Waals surface area contributed by atoms with Crippen molar-refractivity contribution in [2.45, 2.75) is 19.8 Å². The predicted octanol–water partition coefficient (Wildman–Crippen LogP) is 0.697. The van der Waals surface area contributed by atoms with E-state index in [0.717, 1.165) is 18.5 Å². The second kappa shape index (κ2) is 6.43. The summed E-state index contributed by atoms with van der Waals surface area (Å²) >= 11 is 0. The quantitative estimate of drug-likeness (QED) is 0.828. The average molecular weight is 328 g/mol. The van der Waals surface area contributed by atoms with Gasteiger partial charge in [0.05, 0.1) is 0 Å². The number of rotatable bonds is 4. The van der Waals surface area contributed by atoms with E-state index in [0.29, 0.717) is 25.2 Å². The summed E-state index contributed by atoms with van der Waals surface area (Å²) in [6.07, 6.45) is 4.44. The van der Waals surface area contributed by atoms with Gasteiger partial charge in [0.15, 0.2) is 0 Å². The van der Waals surface area contributed by atoms with Gasteiger partial charge < -0.3 is 9.80 Å². The van der Waals surface area contributed by atoms with E-state index in [-0.39, 0.29) is 22.9 Å². The van der Waals surface area contributed by atoms with Crippen molar-refractivity contribution in [2.75, 3.05) is 26.7 Å². The zero-order valence-electron chi connectivity index (χ0n) is 13.9. The fraction of sp³-hybridized carbons (Fsp3) is 0.412. The summed E-state index contributed by atoms with van der Waals surface area (Å²) in [5.41, 5.74) is 1.08. The first kappa shape index (κ1) is 16.2. The molecule has 24 heavy (non-hydrogen) atoms. The Morgan fingerprint density at radius 3 is 2.83 bits per heavy atom. The molecular weight excluding hydrogens is 308 g/mol. The number of nitrogens with zero attached hydrogens (tertiary/aromatic N) is 4. The predicted molar refractivity (Wildman–Crippen MR) is 89.0 cm³/mol. The van der Waals surface area contributed by atoms with Crippen LogP contribution in [-0.2, 0) is 4.79 Å². The van der Waals surface area contributed by atoms with Crippen molar-refractivity contribution in [1.82, 2.24) is 19.2 Å². The van der Waals surface area contributed by atoms with Crippen molar-refractivity contribution in [1.29, 1.82) is 0 Å². The van der Waals surface area contributed by atoms with Crippen molar-refractivity contribution in [3.63, 3.8) is 0 Å². The third-order valence-electron chi connectivity index (χ3n) is 4.30. The van der Waals surface area contributed by atoms with E-state index in [1.807, 2.05) is 13.0 Å². The molecule has 0 radical (unpaired) electrons. The molecule has 2 aromatic rings. The molecule has 0 bridgehead atoms. The molecule has 3 rings (SSSR count). The highest BCUT2D eigenvalue weighted by atomic mass is 16.2. The summed E-state index contributed by atoms with van der Waals surface area (Å²) in [7, 11) is 1.63. The zero-order chi connectivity index (χ0) is 17.3. The van der Waals surface area contributed by atoms with E-state index in [2.05, 4.69) is 4.98 Å². The van der Waals surface area contributed by atoms with Gasteiger partial charge in [-0.15, -0.1) is 0 Å². The monoisotopic (exact) mass is 328 g/mol. The standard InChI is InChI=1S/C17H20N4O3/c1-12-5-6-14-18-10-13(17(24)21(14)11-12)16(23)19(2)8-9-20-7-3-4-15(20)22/h5-6,10-11H,3-4,7-9H2,1-2H3. The number of hydrogen-bond acceptors (Lipinski definition) is 4. The molecule has 0 aliphatic carbocycles. The van der Waals surface area contributed by atoms with Crippen LogP contribution < -0.4 is 5.56 Å². The SMILES string of the molecule is Cc1ccc2ncc(C(=O)N(C)CCN3CCCC3=O)c(=O)n2c1. The summed E-state index contributed by atoms with van der Waals surface area (Å²) in [4.78, 5) is 44.1. The van der Waals surface area contributed by atoms with Gasteiger partial charge in [-0.3, -0.25) is 18.8 Å². The lowest BCUT2D eigenvalue weighted by Gasteiger charge is -2.21. The maximum atomic E-state index is 12.6. The lowest BCUT2D eigenvalue weighted by Crippen LogP contribution is -2.39. The molecule has 0 atom stereocenters. The molecule has 7 heteroatoms. The van der Waals surface area contributed by atoms with Crippen LogP contribution in [-0.4, -0.2) is 57.7 Å². The molecule has 0 spiro atoms. The van der Waals surface area contributed by atoms with Crippen LogP contribution in [0.2, 0.25) is 0 Å². The molecule has 1 saturated heterocycles. The van der Waals surface area contributed by atoms with Gasteiger partial charge in [0.1, 0.15) is 11.2 Å². The van der Waals surface area contributed by atoms with Gasteiger partial charge in [0, 0.05) is 45.5 Å². The van der Waals surface area contributed by atoms with Crippen LogP contribution in [0.25, 0.3) is 5.65 Å². The van der Waals surface area contributed by atoms with Crippen LogP contribution in [0.15, 0.2) is 29.3 Å². The number of likely N-dealkylation sites (tertiary alicyclic amines) is 1. The Hall–Kier alpha value is -2.70. The molecule has 1 aliphatic heterocycles. The first-order chi connectivity index (χ1) is 11.5. The average Bonchev–Trinajstić information content (AvgIpc) is 2.98. The van der Waals surface area contributed by atoms with Crippen LogP contribution in [0.5, 0.6) is 0 Å². The minimum atomic E-state index is -0.380. The fourth-order valence-electron chi connectivity index (χ4n) is 2.85. The Morgan fingerprint density at radius 2 is 2.12 bits per heavy atom. The molecule has 7 nitrogen and oxygen atoms in total. The molecule has 0 aromatic carbocycles. The topological polar surface area (TPSA) is 75.0 Å². The first-order valence-electron chi connectivity index (χ1n) is 7.98. The third kappa shape index (κ3) is 3.02. The van der Waals surface area contributed by atoms with Gasteiger partial charge in [0.25, 0.3) is 11.5 Å². The number of pyridine rings is 1. The molecular formula is C17H20N4O3. The Kier molecular flexibility index (Phi) is 4.33. The normalized spacial score (nSPS) is 14.4. The minimum Gasteiger partial charge on any atom is -0.341 e. The van der Waals surface area contributed by atoms with Crippen LogP contribution in [0.1, 0.15) is 28.8 Å². The van der Waals surface area contributed by atoms with E-state index in [1.165, 1.54) is 15.5 Å². The van der Waals surface area contributed by atoms with Gasteiger partial charge in [0.2, 0.25) is 5.91 Å². The van der Waals surface area contributed by atoms with E-state index in [1.54, 1.807) is 24.2 Å². The summed E-state index contributed by atoms with van der Waals surface area (Å²) in [5, 5.41) is 0. The molecule has 2 aromatic heterocycles. The number of aryl methyl sites for hydroxylation is 1. The molecule has 0 saturated carbocycles. The molecule has 1 aliphatic rings. The molecule has 2 amide bonds. The summed E-state index contributed by atoms with van der Waals surface area (Å²) < 4.78 is 1.39. The third-order valence-corrected chi connectivity index (χ3v) is 4.30. The second-order valence-electron chi connectivity index (χ2n) is 6.12. The highest BCUT2D eigenvalue weighted by molar-refractivity contribution is 5.93. The smallest absolute Gasteiger partial charge is 0.270 e. The Bertz CT molecular complexity index is 859. The first-order valence-corrected chi connectivity index (χ1v) is 7.98. The number of carbonyl (C=O) groups is 2. The second-order valence-corrected chi connectivity index (χ2v) is 6.12. The van der Waals surface area contributed by atoms with Crippen LogP contribution >= 0.6 is 0 Å². The van der Waals surface area contributed by atoms with Gasteiger partial charge in [-0.1, -0.05) is 6.07 Å². The highest BCUT2D eigenvalue weighted by Crippen LogP contribution is 2.09. The minimum absolute atomic E-state index is 0.0355. The van der Waals surface area contributed by atoms with Gasteiger partial charge in [-0.25, -0.2) is 4.98 Å². The molecule has 1 fully saturated rings. The van der Waals surface area contributed by atoms with Gasteiger partial charge in [-0.2, -0.15) is 0 Å². The number of fused-ring (bicyclic) bond motifs is 1. The zero-order valence-corrected chi connectivity index (χ0v) is 13.9. The Balaban J connectivity index is 1.79. The van der Waals surface area contributed by atoms with Crippen molar-refractivity contribution in [3.8, 4) is 0 Å². The van der Waals surface area contributed by atoms with Crippen LogP contribution in [0.3, 0.4) is 0 Å². The maximum absolute atomic E-state index is 12.6. The number of aromatic nitrogens is 2. The summed E-state index contributed by atoms with van der Waals surface area (Å²) in [6.45, 7) is 3.49. The van der Waals surface area contributed by atoms with Crippen LogP contribution in [0, 0.1) is 6.92 Å². The van der Waals surface area contributed by atoms with E-state index >= 15 is 0 Å². The molecule has 126 valence electrons. The lowest BCUT2D eigenvalue weighted by atomic mass is 10.2. The number of hydrogen-bond donors (Lipinski definition) is 0. The van der Waals surface area contributed by atoms with Crippen molar-refractivity contribution >= 4 is 17.5 Å². The summed E-state index contributed by atoms with van der Waals surface area (Å²) in [6, 6.07) is 3.61.